The molecule has 2 fully saturated rings. The summed E-state index contributed by atoms with van der Waals surface area (Å²) in [5, 5.41) is 1.89. The van der Waals surface area contributed by atoms with Crippen LogP contribution in [0.15, 0.2) is 10.9 Å². The van der Waals surface area contributed by atoms with Crippen molar-refractivity contribution in [2.75, 3.05) is 24.6 Å². The molecule has 0 radical (unpaired) electrons. The summed E-state index contributed by atoms with van der Waals surface area (Å²) in [7, 11) is 0. The summed E-state index contributed by atoms with van der Waals surface area (Å²) in [6, 6.07) is 1.26. The highest BCUT2D eigenvalue weighted by atomic mass is 32.2. The molecule has 0 unspecified atom stereocenters. The summed E-state index contributed by atoms with van der Waals surface area (Å²) in [6.45, 7) is 1.66. The van der Waals surface area contributed by atoms with E-state index in [0.29, 0.717) is 11.7 Å². The fraction of sp³-hybridized carbons (Fsp3) is 0.583. The van der Waals surface area contributed by atoms with Crippen molar-refractivity contribution in [1.82, 2.24) is 20.4 Å². The van der Waals surface area contributed by atoms with Crippen molar-refractivity contribution in [2.45, 2.75) is 18.8 Å². The van der Waals surface area contributed by atoms with Gasteiger partial charge in [0.05, 0.1) is 0 Å². The molecular weight excluding hydrogens is 264 g/mol. The van der Waals surface area contributed by atoms with Gasteiger partial charge in [-0.25, -0.2) is 9.99 Å². The van der Waals surface area contributed by atoms with Gasteiger partial charge in [0.1, 0.15) is 11.5 Å². The first-order valence-electron chi connectivity index (χ1n) is 6.47. The van der Waals surface area contributed by atoms with E-state index in [1.807, 2.05) is 16.8 Å². The number of carbonyl (C=O) groups is 1. The van der Waals surface area contributed by atoms with E-state index in [1.54, 1.807) is 0 Å². The van der Waals surface area contributed by atoms with E-state index in [4.69, 9.17) is 0 Å². The molecule has 2 N–H and O–H groups in total. The molecule has 102 valence electrons. The molecule has 0 bridgehead atoms. The van der Waals surface area contributed by atoms with Gasteiger partial charge >= 0.3 is 0 Å². The Balaban J connectivity index is 1.73. The number of H-pyrrole nitrogens is 1. The molecule has 0 spiro atoms. The van der Waals surface area contributed by atoms with Crippen LogP contribution in [0.4, 0.5) is 0 Å². The van der Waals surface area contributed by atoms with E-state index in [-0.39, 0.29) is 17.2 Å². The van der Waals surface area contributed by atoms with E-state index in [2.05, 4.69) is 15.4 Å². The van der Waals surface area contributed by atoms with Crippen LogP contribution in [0, 0.1) is 0 Å². The van der Waals surface area contributed by atoms with Crippen molar-refractivity contribution in [2.24, 2.45) is 0 Å². The number of carbonyl (C=O) groups excluding carboxylic acids is 1. The number of aromatic amines is 1. The van der Waals surface area contributed by atoms with Crippen molar-refractivity contribution in [3.8, 4) is 0 Å². The zero-order chi connectivity index (χ0) is 13.2. The van der Waals surface area contributed by atoms with Crippen LogP contribution >= 0.6 is 11.8 Å². The number of amides is 1. The average molecular weight is 280 g/mol. The quantitative estimate of drug-likeness (QED) is 0.835. The van der Waals surface area contributed by atoms with E-state index in [1.165, 1.54) is 6.07 Å². The number of rotatable bonds is 3. The Hall–Kier alpha value is -1.34. The van der Waals surface area contributed by atoms with Crippen molar-refractivity contribution >= 4 is 17.7 Å². The summed E-state index contributed by atoms with van der Waals surface area (Å²) < 4.78 is 0. The van der Waals surface area contributed by atoms with Crippen LogP contribution in [-0.4, -0.2) is 45.5 Å². The first kappa shape index (κ1) is 12.7. The maximum Gasteiger partial charge on any atom is 0.284 e. The second kappa shape index (κ2) is 5.34. The van der Waals surface area contributed by atoms with E-state index < -0.39 is 0 Å². The summed E-state index contributed by atoms with van der Waals surface area (Å²) in [4.78, 5) is 30.6. The fourth-order valence-electron chi connectivity index (χ4n) is 2.02. The van der Waals surface area contributed by atoms with Crippen LogP contribution in [0.2, 0.25) is 0 Å². The second-order valence-corrected chi connectivity index (χ2v) is 6.06. The van der Waals surface area contributed by atoms with Gasteiger partial charge in [-0.15, -0.1) is 0 Å². The van der Waals surface area contributed by atoms with Crippen molar-refractivity contribution < 1.29 is 4.79 Å². The number of hydrogen-bond donors (Lipinski definition) is 2. The number of hydrazine groups is 1. The molecule has 1 aliphatic heterocycles. The van der Waals surface area contributed by atoms with E-state index >= 15 is 0 Å². The summed E-state index contributed by atoms with van der Waals surface area (Å²) in [6.07, 6.45) is 2.08. The van der Waals surface area contributed by atoms with Gasteiger partial charge < -0.3 is 4.98 Å². The number of thioether (sulfide) groups is 1. The Morgan fingerprint density at radius 2 is 2.16 bits per heavy atom. The smallest absolute Gasteiger partial charge is 0.284 e. The molecule has 19 heavy (non-hydrogen) atoms. The molecule has 0 aromatic carbocycles. The number of nitrogens with one attached hydrogen (secondary N) is 2. The number of aromatic nitrogens is 2. The molecule has 6 nitrogen and oxygen atoms in total. The highest BCUT2D eigenvalue weighted by molar-refractivity contribution is 7.99. The van der Waals surface area contributed by atoms with Crippen LogP contribution in [0.25, 0.3) is 0 Å². The van der Waals surface area contributed by atoms with Gasteiger partial charge in [-0.2, -0.15) is 11.8 Å². The minimum atomic E-state index is -0.292. The lowest BCUT2D eigenvalue weighted by molar-refractivity contribution is 0.0799. The highest BCUT2D eigenvalue weighted by Gasteiger charge is 2.27. The first-order chi connectivity index (χ1) is 9.22. The maximum atomic E-state index is 12.1. The predicted molar refractivity (Wildman–Crippen MR) is 73.2 cm³/mol. The fourth-order valence-corrected chi connectivity index (χ4v) is 2.92. The lowest BCUT2D eigenvalue weighted by atomic mass is 10.3. The normalized spacial score (nSPS) is 20.2. The molecule has 1 aliphatic carbocycles. The molecule has 2 aliphatic rings. The van der Waals surface area contributed by atoms with Crippen LogP contribution in [0.1, 0.15) is 35.1 Å². The SMILES string of the molecule is O=C(NN1CCSCC1)c1cc(=O)[nH]c(C2CC2)n1. The summed E-state index contributed by atoms with van der Waals surface area (Å²) in [5.41, 5.74) is 2.77. The Morgan fingerprint density at radius 1 is 1.42 bits per heavy atom. The third kappa shape index (κ3) is 3.16. The average Bonchev–Trinajstić information content (AvgIpc) is 3.23. The van der Waals surface area contributed by atoms with Gasteiger partial charge in [0.25, 0.3) is 11.5 Å². The summed E-state index contributed by atoms with van der Waals surface area (Å²) >= 11 is 1.88. The molecular formula is C12H16N4O2S. The molecule has 1 aromatic rings. The lowest BCUT2D eigenvalue weighted by Gasteiger charge is -2.26. The number of hydrogen-bond acceptors (Lipinski definition) is 5. The molecule has 1 saturated carbocycles. The Labute approximate surface area is 115 Å². The minimum Gasteiger partial charge on any atom is -0.310 e. The number of nitrogens with zero attached hydrogens (tertiary/aromatic N) is 2. The Morgan fingerprint density at radius 3 is 2.84 bits per heavy atom. The first-order valence-corrected chi connectivity index (χ1v) is 7.63. The van der Waals surface area contributed by atoms with Crippen LogP contribution in [0.5, 0.6) is 0 Å². The van der Waals surface area contributed by atoms with Gasteiger partial charge in [-0.1, -0.05) is 0 Å². The lowest BCUT2D eigenvalue weighted by Crippen LogP contribution is -2.47. The zero-order valence-electron chi connectivity index (χ0n) is 10.5. The summed E-state index contributed by atoms with van der Waals surface area (Å²) in [5.74, 6) is 2.70. The second-order valence-electron chi connectivity index (χ2n) is 4.83. The van der Waals surface area contributed by atoms with Gasteiger partial charge in [-0.05, 0) is 12.8 Å². The molecule has 0 atom stereocenters. The van der Waals surface area contributed by atoms with Crippen LogP contribution in [-0.2, 0) is 0 Å². The molecule has 2 heterocycles. The zero-order valence-corrected chi connectivity index (χ0v) is 11.3. The monoisotopic (exact) mass is 280 g/mol. The maximum absolute atomic E-state index is 12.1. The Bertz CT molecular complexity index is 535. The van der Waals surface area contributed by atoms with E-state index in [0.717, 1.165) is 37.4 Å². The van der Waals surface area contributed by atoms with Crippen LogP contribution < -0.4 is 11.0 Å². The van der Waals surface area contributed by atoms with Crippen molar-refractivity contribution in [1.29, 1.82) is 0 Å². The van der Waals surface area contributed by atoms with Gasteiger partial charge in [0, 0.05) is 36.6 Å². The predicted octanol–water partition coefficient (Wildman–Crippen LogP) is 0.341. The largest absolute Gasteiger partial charge is 0.310 e. The highest BCUT2D eigenvalue weighted by Crippen LogP contribution is 2.37. The Kier molecular flexibility index (Phi) is 3.56. The third-order valence-corrected chi connectivity index (χ3v) is 4.17. The topological polar surface area (TPSA) is 78.1 Å². The molecule has 1 aromatic heterocycles. The van der Waals surface area contributed by atoms with Crippen molar-refractivity contribution in [3.63, 3.8) is 0 Å². The van der Waals surface area contributed by atoms with Gasteiger partial charge in [0.15, 0.2) is 0 Å². The molecule has 1 amide bonds. The molecule has 3 rings (SSSR count). The molecule has 7 heteroatoms. The van der Waals surface area contributed by atoms with Gasteiger partial charge in [-0.3, -0.25) is 15.0 Å². The minimum absolute atomic E-state index is 0.212. The van der Waals surface area contributed by atoms with Gasteiger partial charge in [0.2, 0.25) is 0 Å². The van der Waals surface area contributed by atoms with E-state index in [9.17, 15) is 9.59 Å². The standard InChI is InChI=1S/C12H16N4O2S/c17-10-7-9(13-11(14-10)8-1-2-8)12(18)15-16-3-5-19-6-4-16/h7-8H,1-6H2,(H,15,18)(H,13,14,17). The van der Waals surface area contributed by atoms with Crippen molar-refractivity contribution in [3.05, 3.63) is 27.9 Å². The molecule has 1 saturated heterocycles. The third-order valence-electron chi connectivity index (χ3n) is 3.23. The van der Waals surface area contributed by atoms with Crippen LogP contribution in [0.3, 0.4) is 0 Å².